The van der Waals surface area contributed by atoms with Crippen molar-refractivity contribution >= 4 is 5.69 Å². The van der Waals surface area contributed by atoms with E-state index >= 15 is 0 Å². The predicted octanol–water partition coefficient (Wildman–Crippen LogP) is 2.51. The Kier molecular flexibility index (Phi) is 3.95. The molecule has 2 aromatic heterocycles. The molecule has 0 aliphatic rings. The molecule has 6 nitrogen and oxygen atoms in total. The number of nitrogens with zero attached hydrogens (tertiary/aromatic N) is 4. The first kappa shape index (κ1) is 13.4. The van der Waals surface area contributed by atoms with Gasteiger partial charge in [-0.25, -0.2) is 0 Å². The smallest absolute Gasteiger partial charge is 0.227 e. The highest BCUT2D eigenvalue weighted by Gasteiger charge is 2.10. The summed E-state index contributed by atoms with van der Waals surface area (Å²) in [5.74, 6) is 1.19. The number of para-hydroxylation sites is 1. The number of benzene rings is 1. The maximum absolute atomic E-state index is 5.24. The van der Waals surface area contributed by atoms with E-state index in [0.717, 1.165) is 30.8 Å². The monoisotopic (exact) mass is 283 g/mol. The van der Waals surface area contributed by atoms with Crippen LogP contribution in [0, 0.1) is 0 Å². The molecule has 0 fully saturated rings. The van der Waals surface area contributed by atoms with Crippen molar-refractivity contribution in [1.82, 2.24) is 19.9 Å². The van der Waals surface area contributed by atoms with E-state index in [2.05, 4.69) is 20.6 Å². The van der Waals surface area contributed by atoms with E-state index in [1.807, 2.05) is 49.6 Å². The van der Waals surface area contributed by atoms with Crippen molar-refractivity contribution in [3.05, 3.63) is 48.5 Å². The predicted molar refractivity (Wildman–Crippen MR) is 79.8 cm³/mol. The van der Waals surface area contributed by atoms with Gasteiger partial charge in [-0.2, -0.15) is 10.1 Å². The first-order valence-electron chi connectivity index (χ1n) is 6.93. The lowest BCUT2D eigenvalue weighted by Gasteiger charge is -2.03. The fourth-order valence-corrected chi connectivity index (χ4v) is 2.02. The Morgan fingerprint density at radius 3 is 2.81 bits per heavy atom. The highest BCUT2D eigenvalue weighted by Crippen LogP contribution is 2.13. The number of anilines is 1. The molecule has 0 radical (unpaired) electrons. The molecule has 0 bridgehead atoms. The molecule has 6 heteroatoms. The summed E-state index contributed by atoms with van der Waals surface area (Å²) in [6, 6.07) is 12.0. The van der Waals surface area contributed by atoms with Gasteiger partial charge in [0.2, 0.25) is 11.7 Å². The first-order chi connectivity index (χ1) is 10.3. The summed E-state index contributed by atoms with van der Waals surface area (Å²) in [5, 5.41) is 11.6. The molecule has 108 valence electrons. The zero-order valence-electron chi connectivity index (χ0n) is 11.9. The SMILES string of the molecule is Cn1ccc(-c2noc(CCCNc3ccccc3)n2)n1. The van der Waals surface area contributed by atoms with Crippen molar-refractivity contribution in [2.75, 3.05) is 11.9 Å². The van der Waals surface area contributed by atoms with Gasteiger partial charge in [0.1, 0.15) is 5.69 Å². The van der Waals surface area contributed by atoms with Crippen LogP contribution in [-0.4, -0.2) is 26.5 Å². The summed E-state index contributed by atoms with van der Waals surface area (Å²) >= 11 is 0. The van der Waals surface area contributed by atoms with E-state index in [9.17, 15) is 0 Å². The van der Waals surface area contributed by atoms with E-state index in [4.69, 9.17) is 4.52 Å². The molecule has 21 heavy (non-hydrogen) atoms. The van der Waals surface area contributed by atoms with Crippen LogP contribution in [0.2, 0.25) is 0 Å². The van der Waals surface area contributed by atoms with Gasteiger partial charge in [-0.05, 0) is 24.6 Å². The highest BCUT2D eigenvalue weighted by atomic mass is 16.5. The molecule has 0 spiro atoms. The minimum absolute atomic E-state index is 0.543. The van der Waals surface area contributed by atoms with E-state index in [1.54, 1.807) is 4.68 Å². The van der Waals surface area contributed by atoms with Gasteiger partial charge in [0, 0.05) is 31.9 Å². The molecule has 1 aromatic carbocycles. The molecule has 0 unspecified atom stereocenters. The Balaban J connectivity index is 1.49. The number of rotatable bonds is 6. The van der Waals surface area contributed by atoms with E-state index in [-0.39, 0.29) is 0 Å². The molecular formula is C15H17N5O. The third-order valence-electron chi connectivity index (χ3n) is 3.08. The minimum Gasteiger partial charge on any atom is -0.385 e. The minimum atomic E-state index is 0.543. The number of aryl methyl sites for hydroxylation is 2. The molecule has 0 amide bonds. The molecule has 1 N–H and O–H groups in total. The number of hydrogen-bond donors (Lipinski definition) is 1. The van der Waals surface area contributed by atoms with Crippen LogP contribution < -0.4 is 5.32 Å². The van der Waals surface area contributed by atoms with Gasteiger partial charge in [0.05, 0.1) is 0 Å². The summed E-state index contributed by atoms with van der Waals surface area (Å²) in [7, 11) is 1.86. The lowest BCUT2D eigenvalue weighted by Crippen LogP contribution is -2.02. The topological polar surface area (TPSA) is 68.8 Å². The summed E-state index contributed by atoms with van der Waals surface area (Å²) in [6.07, 6.45) is 3.54. The number of aromatic nitrogens is 4. The van der Waals surface area contributed by atoms with Gasteiger partial charge in [-0.15, -0.1) is 0 Å². The lowest BCUT2D eigenvalue weighted by atomic mass is 10.3. The van der Waals surface area contributed by atoms with Crippen molar-refractivity contribution < 1.29 is 4.52 Å². The van der Waals surface area contributed by atoms with Crippen LogP contribution in [0.15, 0.2) is 47.1 Å². The second-order valence-electron chi connectivity index (χ2n) is 4.78. The Morgan fingerprint density at radius 1 is 1.19 bits per heavy atom. The Hall–Kier alpha value is -2.63. The van der Waals surface area contributed by atoms with Crippen LogP contribution in [0.1, 0.15) is 12.3 Å². The van der Waals surface area contributed by atoms with Crippen LogP contribution in [0.25, 0.3) is 11.5 Å². The normalized spacial score (nSPS) is 10.7. The third-order valence-corrected chi connectivity index (χ3v) is 3.08. The first-order valence-corrected chi connectivity index (χ1v) is 6.93. The van der Waals surface area contributed by atoms with Gasteiger partial charge < -0.3 is 9.84 Å². The summed E-state index contributed by atoms with van der Waals surface area (Å²) in [4.78, 5) is 4.36. The molecule has 2 heterocycles. The van der Waals surface area contributed by atoms with Gasteiger partial charge in [0.15, 0.2) is 0 Å². The van der Waals surface area contributed by atoms with Crippen molar-refractivity contribution in [3.8, 4) is 11.5 Å². The van der Waals surface area contributed by atoms with E-state index in [1.165, 1.54) is 0 Å². The maximum atomic E-state index is 5.24. The second kappa shape index (κ2) is 6.21. The summed E-state index contributed by atoms with van der Waals surface area (Å²) in [5.41, 5.74) is 1.85. The highest BCUT2D eigenvalue weighted by molar-refractivity contribution is 5.46. The molecule has 3 aromatic rings. The maximum Gasteiger partial charge on any atom is 0.227 e. The zero-order chi connectivity index (χ0) is 14.5. The number of nitrogens with one attached hydrogen (secondary N) is 1. The van der Waals surface area contributed by atoms with Gasteiger partial charge in [0.25, 0.3) is 0 Å². The van der Waals surface area contributed by atoms with Crippen LogP contribution in [0.5, 0.6) is 0 Å². The van der Waals surface area contributed by atoms with Crippen LogP contribution in [-0.2, 0) is 13.5 Å². The van der Waals surface area contributed by atoms with Crippen LogP contribution in [0.3, 0.4) is 0 Å². The Morgan fingerprint density at radius 2 is 2.05 bits per heavy atom. The average molecular weight is 283 g/mol. The van der Waals surface area contributed by atoms with Crippen molar-refractivity contribution in [2.24, 2.45) is 7.05 Å². The van der Waals surface area contributed by atoms with Gasteiger partial charge in [-0.1, -0.05) is 23.4 Å². The zero-order valence-corrected chi connectivity index (χ0v) is 11.9. The number of hydrogen-bond acceptors (Lipinski definition) is 5. The van der Waals surface area contributed by atoms with E-state index < -0.39 is 0 Å². The van der Waals surface area contributed by atoms with Gasteiger partial charge >= 0.3 is 0 Å². The van der Waals surface area contributed by atoms with Crippen LogP contribution >= 0.6 is 0 Å². The van der Waals surface area contributed by atoms with Crippen molar-refractivity contribution in [3.63, 3.8) is 0 Å². The molecule has 0 saturated carbocycles. The van der Waals surface area contributed by atoms with Crippen molar-refractivity contribution in [1.29, 1.82) is 0 Å². The molecule has 3 rings (SSSR count). The van der Waals surface area contributed by atoms with Crippen LogP contribution in [0.4, 0.5) is 5.69 Å². The van der Waals surface area contributed by atoms with Crippen molar-refractivity contribution in [2.45, 2.75) is 12.8 Å². The average Bonchev–Trinajstić information content (AvgIpc) is 3.13. The molecule has 0 aliphatic carbocycles. The van der Waals surface area contributed by atoms with E-state index in [0.29, 0.717) is 11.7 Å². The molecule has 0 aliphatic heterocycles. The molecule has 0 atom stereocenters. The molecule has 0 saturated heterocycles. The quantitative estimate of drug-likeness (QED) is 0.704. The Labute approximate surface area is 122 Å². The largest absolute Gasteiger partial charge is 0.385 e. The fourth-order valence-electron chi connectivity index (χ4n) is 2.02. The molecular weight excluding hydrogens is 266 g/mol. The standard InChI is InChI=1S/C15H17N5O/c1-20-11-9-13(18-20)15-17-14(21-19-15)8-5-10-16-12-6-3-2-4-7-12/h2-4,6-7,9,11,16H,5,8,10H2,1H3. The summed E-state index contributed by atoms with van der Waals surface area (Å²) < 4.78 is 6.96. The van der Waals surface area contributed by atoms with Gasteiger partial charge in [-0.3, -0.25) is 4.68 Å². The fraction of sp³-hybridized carbons (Fsp3) is 0.267. The Bertz CT molecular complexity index is 689. The lowest BCUT2D eigenvalue weighted by molar-refractivity contribution is 0.377. The summed E-state index contributed by atoms with van der Waals surface area (Å²) in [6.45, 7) is 0.866. The second-order valence-corrected chi connectivity index (χ2v) is 4.78. The third kappa shape index (κ3) is 3.47.